The zero-order valence-corrected chi connectivity index (χ0v) is 16.8. The third-order valence-electron chi connectivity index (χ3n) is 5.06. The number of hydrogen-bond acceptors (Lipinski definition) is 4. The number of para-hydroxylation sites is 1. The Morgan fingerprint density at radius 3 is 2.66 bits per heavy atom. The molecule has 29 heavy (non-hydrogen) atoms. The summed E-state index contributed by atoms with van der Waals surface area (Å²) >= 11 is 0. The minimum Gasteiger partial charge on any atom is -0.345 e. The molecule has 0 radical (unpaired) electrons. The number of rotatable bonds is 5. The molecule has 4 aromatic rings. The molecule has 1 aromatic carbocycles. The summed E-state index contributed by atoms with van der Waals surface area (Å²) in [6.45, 7) is 6.79. The van der Waals surface area contributed by atoms with Gasteiger partial charge in [0, 0.05) is 41.6 Å². The van der Waals surface area contributed by atoms with Crippen molar-refractivity contribution < 1.29 is 4.79 Å². The molecule has 1 unspecified atom stereocenters. The van der Waals surface area contributed by atoms with Crippen molar-refractivity contribution in [2.75, 3.05) is 0 Å². The topological polar surface area (TPSA) is 72.7 Å². The van der Waals surface area contributed by atoms with Crippen molar-refractivity contribution in [3.8, 4) is 11.3 Å². The van der Waals surface area contributed by atoms with Crippen LogP contribution < -0.4 is 5.32 Å². The summed E-state index contributed by atoms with van der Waals surface area (Å²) in [5.41, 5.74) is 5.01. The molecule has 146 valence electrons. The van der Waals surface area contributed by atoms with Gasteiger partial charge in [0.05, 0.1) is 28.5 Å². The van der Waals surface area contributed by atoms with Gasteiger partial charge in [0.25, 0.3) is 5.91 Å². The van der Waals surface area contributed by atoms with Crippen LogP contribution >= 0.6 is 0 Å². The molecule has 0 aliphatic rings. The molecule has 0 saturated heterocycles. The molecular weight excluding hydrogens is 362 g/mol. The first kappa shape index (κ1) is 18.8. The largest absolute Gasteiger partial charge is 0.345 e. The number of aromatic nitrogens is 4. The molecule has 0 bridgehead atoms. The van der Waals surface area contributed by atoms with Crippen LogP contribution in [0.25, 0.3) is 22.2 Å². The molecule has 0 aliphatic carbocycles. The van der Waals surface area contributed by atoms with Gasteiger partial charge in [0.1, 0.15) is 0 Å². The number of hydrogen-bond donors (Lipinski definition) is 1. The molecule has 1 atom stereocenters. The second kappa shape index (κ2) is 7.83. The van der Waals surface area contributed by atoms with Crippen LogP contribution in [0, 0.1) is 6.92 Å². The highest BCUT2D eigenvalue weighted by Crippen LogP contribution is 2.25. The number of carbonyl (C=O) groups is 1. The van der Waals surface area contributed by atoms with E-state index in [2.05, 4.69) is 15.4 Å². The number of aryl methyl sites for hydroxylation is 2. The third kappa shape index (κ3) is 3.74. The van der Waals surface area contributed by atoms with Crippen LogP contribution in [-0.4, -0.2) is 25.7 Å². The predicted molar refractivity (Wildman–Crippen MR) is 113 cm³/mol. The smallest absolute Gasteiger partial charge is 0.252 e. The average Bonchev–Trinajstić information content (AvgIpc) is 3.14. The summed E-state index contributed by atoms with van der Waals surface area (Å²) in [6, 6.07) is 13.2. The third-order valence-corrected chi connectivity index (χ3v) is 5.06. The molecule has 1 N–H and O–H groups in total. The number of carbonyl (C=O) groups excluding carboxylic acids is 1. The van der Waals surface area contributed by atoms with E-state index in [1.165, 1.54) is 0 Å². The van der Waals surface area contributed by atoms with E-state index in [9.17, 15) is 4.79 Å². The van der Waals surface area contributed by atoms with Gasteiger partial charge in [0.15, 0.2) is 0 Å². The molecule has 0 aliphatic heterocycles. The van der Waals surface area contributed by atoms with Crippen molar-refractivity contribution in [2.45, 2.75) is 33.4 Å². The molecule has 1 amide bonds. The van der Waals surface area contributed by atoms with Gasteiger partial charge < -0.3 is 5.32 Å². The van der Waals surface area contributed by atoms with Gasteiger partial charge in [0.2, 0.25) is 0 Å². The number of nitrogens with zero attached hydrogens (tertiary/aromatic N) is 4. The Morgan fingerprint density at radius 2 is 1.93 bits per heavy atom. The lowest BCUT2D eigenvalue weighted by molar-refractivity contribution is 0.0941. The number of amides is 1. The summed E-state index contributed by atoms with van der Waals surface area (Å²) in [5, 5.41) is 8.44. The van der Waals surface area contributed by atoms with Crippen LogP contribution in [0.5, 0.6) is 0 Å². The van der Waals surface area contributed by atoms with E-state index >= 15 is 0 Å². The van der Waals surface area contributed by atoms with Crippen molar-refractivity contribution in [3.05, 3.63) is 77.9 Å². The molecule has 6 heteroatoms. The summed E-state index contributed by atoms with van der Waals surface area (Å²) in [4.78, 5) is 22.0. The molecular formula is C23H23N5O. The molecule has 0 saturated carbocycles. The minimum absolute atomic E-state index is 0.130. The monoisotopic (exact) mass is 385 g/mol. The zero-order valence-electron chi connectivity index (χ0n) is 16.8. The Bertz CT molecular complexity index is 1170. The van der Waals surface area contributed by atoms with E-state index < -0.39 is 0 Å². The lowest BCUT2D eigenvalue weighted by atomic mass is 10.0. The van der Waals surface area contributed by atoms with Crippen molar-refractivity contribution in [3.63, 3.8) is 0 Å². The van der Waals surface area contributed by atoms with E-state index in [0.717, 1.165) is 40.0 Å². The maximum atomic E-state index is 13.2. The first-order valence-corrected chi connectivity index (χ1v) is 9.71. The van der Waals surface area contributed by atoms with E-state index in [1.807, 2.05) is 74.1 Å². The van der Waals surface area contributed by atoms with Crippen LogP contribution in [0.2, 0.25) is 0 Å². The fraction of sp³-hybridized carbons (Fsp3) is 0.217. The molecule has 3 heterocycles. The Balaban J connectivity index is 1.72. The van der Waals surface area contributed by atoms with E-state index in [0.29, 0.717) is 5.56 Å². The molecule has 0 spiro atoms. The SMILES string of the molecule is CCn1cc(C(C)NC(=O)c2cc(-c3ccncc3)nc3ccccc23)c(C)n1. The van der Waals surface area contributed by atoms with Gasteiger partial charge in [-0.25, -0.2) is 4.98 Å². The lowest BCUT2D eigenvalue weighted by Crippen LogP contribution is -2.27. The second-order valence-corrected chi connectivity index (χ2v) is 7.03. The summed E-state index contributed by atoms with van der Waals surface area (Å²) < 4.78 is 1.89. The van der Waals surface area contributed by atoms with E-state index in [-0.39, 0.29) is 11.9 Å². The quantitative estimate of drug-likeness (QED) is 0.555. The van der Waals surface area contributed by atoms with Crippen LogP contribution in [-0.2, 0) is 6.54 Å². The normalized spacial score (nSPS) is 12.1. The van der Waals surface area contributed by atoms with Gasteiger partial charge in [-0.05, 0) is 45.0 Å². The maximum absolute atomic E-state index is 13.2. The second-order valence-electron chi connectivity index (χ2n) is 7.03. The Morgan fingerprint density at radius 1 is 1.17 bits per heavy atom. The van der Waals surface area contributed by atoms with Gasteiger partial charge in [-0.1, -0.05) is 18.2 Å². The summed E-state index contributed by atoms with van der Waals surface area (Å²) in [7, 11) is 0. The highest BCUT2D eigenvalue weighted by Gasteiger charge is 2.19. The molecule has 6 nitrogen and oxygen atoms in total. The highest BCUT2D eigenvalue weighted by atomic mass is 16.1. The number of pyridine rings is 2. The van der Waals surface area contributed by atoms with Crippen LogP contribution in [0.15, 0.2) is 61.1 Å². The van der Waals surface area contributed by atoms with Crippen molar-refractivity contribution in [1.29, 1.82) is 0 Å². The zero-order chi connectivity index (χ0) is 20.4. The fourth-order valence-corrected chi connectivity index (χ4v) is 3.51. The highest BCUT2D eigenvalue weighted by molar-refractivity contribution is 6.07. The minimum atomic E-state index is -0.154. The van der Waals surface area contributed by atoms with Gasteiger partial charge in [-0.2, -0.15) is 5.10 Å². The molecule has 4 rings (SSSR count). The van der Waals surface area contributed by atoms with Crippen molar-refractivity contribution in [1.82, 2.24) is 25.1 Å². The first-order chi connectivity index (χ1) is 14.1. The molecule has 0 fully saturated rings. The first-order valence-electron chi connectivity index (χ1n) is 9.71. The van der Waals surface area contributed by atoms with Gasteiger partial charge in [-0.15, -0.1) is 0 Å². The van der Waals surface area contributed by atoms with E-state index in [1.54, 1.807) is 12.4 Å². The average molecular weight is 385 g/mol. The lowest BCUT2D eigenvalue weighted by Gasteiger charge is -2.15. The standard InChI is InChI=1S/C23H23N5O/c1-4-28-14-20(16(3)27-28)15(2)25-23(29)19-13-22(17-9-11-24-12-10-17)26-21-8-6-5-7-18(19)21/h5-15H,4H2,1-3H3,(H,25,29). The maximum Gasteiger partial charge on any atom is 0.252 e. The van der Waals surface area contributed by atoms with E-state index in [4.69, 9.17) is 4.98 Å². The number of benzene rings is 1. The predicted octanol–water partition coefficient (Wildman–Crippen LogP) is 4.31. The molecule has 3 aromatic heterocycles. The van der Waals surface area contributed by atoms with Crippen molar-refractivity contribution in [2.24, 2.45) is 0 Å². The van der Waals surface area contributed by atoms with Gasteiger partial charge in [-0.3, -0.25) is 14.5 Å². The van der Waals surface area contributed by atoms with Crippen LogP contribution in [0.3, 0.4) is 0 Å². The Hall–Kier alpha value is -3.54. The summed E-state index contributed by atoms with van der Waals surface area (Å²) in [5.74, 6) is -0.130. The Kier molecular flexibility index (Phi) is 5.08. The number of fused-ring (bicyclic) bond motifs is 1. The van der Waals surface area contributed by atoms with Crippen molar-refractivity contribution >= 4 is 16.8 Å². The fourth-order valence-electron chi connectivity index (χ4n) is 3.51. The number of nitrogens with one attached hydrogen (secondary N) is 1. The summed E-state index contributed by atoms with van der Waals surface area (Å²) in [6.07, 6.45) is 5.44. The Labute approximate surface area is 169 Å². The van der Waals surface area contributed by atoms with Crippen LogP contribution in [0.4, 0.5) is 0 Å². The van der Waals surface area contributed by atoms with Gasteiger partial charge >= 0.3 is 0 Å². The van der Waals surface area contributed by atoms with Crippen LogP contribution in [0.1, 0.15) is 41.5 Å².